The number of aromatic nitrogens is 2. The van der Waals surface area contributed by atoms with Crippen LogP contribution >= 0.6 is 0 Å². The smallest absolute Gasteiger partial charge is 0.338 e. The van der Waals surface area contributed by atoms with Crippen LogP contribution in [0.1, 0.15) is 21.7 Å². The van der Waals surface area contributed by atoms with Crippen LogP contribution in [-0.2, 0) is 11.3 Å². The maximum Gasteiger partial charge on any atom is 0.338 e. The molecule has 0 atom stereocenters. The van der Waals surface area contributed by atoms with Gasteiger partial charge in [0.1, 0.15) is 12.3 Å². The quantitative estimate of drug-likeness (QED) is 0.420. The lowest BCUT2D eigenvalue weighted by atomic mass is 10.2. The third-order valence-corrected chi connectivity index (χ3v) is 3.48. The Morgan fingerprint density at radius 2 is 2.00 bits per heavy atom. The second-order valence-corrected chi connectivity index (χ2v) is 4.95. The number of imidazole rings is 1. The molecule has 2 heterocycles. The highest BCUT2D eigenvalue weighted by Gasteiger charge is 2.13. The van der Waals surface area contributed by atoms with Gasteiger partial charge in [0, 0.05) is 18.3 Å². The van der Waals surface area contributed by atoms with E-state index in [-0.39, 0.29) is 17.9 Å². The lowest BCUT2D eigenvalue weighted by Gasteiger charge is -2.06. The number of benzene rings is 1. The molecule has 2 aromatic heterocycles. The van der Waals surface area contributed by atoms with E-state index in [1.165, 1.54) is 24.3 Å². The zero-order valence-electron chi connectivity index (χ0n) is 12.3. The Kier molecular flexibility index (Phi) is 3.76. The maximum atomic E-state index is 12.0. The number of ether oxygens (including phenoxy) is 1. The van der Waals surface area contributed by atoms with Crippen LogP contribution in [0.2, 0.25) is 0 Å². The molecule has 7 heteroatoms. The number of nitro groups is 1. The van der Waals surface area contributed by atoms with Gasteiger partial charge in [-0.05, 0) is 31.2 Å². The molecule has 0 aliphatic carbocycles. The topological polar surface area (TPSA) is 86.7 Å². The first-order chi connectivity index (χ1) is 11.1. The Bertz CT molecular complexity index is 884. The minimum atomic E-state index is -0.537. The SMILES string of the molecule is Cc1nc2ccccn2c1COC(=O)c1ccc([N+](=O)[O-])cc1. The maximum absolute atomic E-state index is 12.0. The van der Waals surface area contributed by atoms with Gasteiger partial charge in [0.25, 0.3) is 5.69 Å². The number of aryl methyl sites for hydroxylation is 1. The van der Waals surface area contributed by atoms with E-state index in [0.29, 0.717) is 0 Å². The number of hydrogen-bond donors (Lipinski definition) is 0. The summed E-state index contributed by atoms with van der Waals surface area (Å²) >= 11 is 0. The van der Waals surface area contributed by atoms with Crippen molar-refractivity contribution in [2.24, 2.45) is 0 Å². The molecule has 116 valence electrons. The Hall–Kier alpha value is -3.22. The fourth-order valence-corrected chi connectivity index (χ4v) is 2.27. The highest BCUT2D eigenvalue weighted by atomic mass is 16.6. The summed E-state index contributed by atoms with van der Waals surface area (Å²) in [7, 11) is 0. The van der Waals surface area contributed by atoms with Crippen molar-refractivity contribution in [1.29, 1.82) is 0 Å². The lowest BCUT2D eigenvalue weighted by molar-refractivity contribution is -0.384. The zero-order valence-corrected chi connectivity index (χ0v) is 12.3. The number of carbonyl (C=O) groups excluding carboxylic acids is 1. The monoisotopic (exact) mass is 311 g/mol. The van der Waals surface area contributed by atoms with E-state index < -0.39 is 10.9 Å². The molecule has 0 bridgehead atoms. The van der Waals surface area contributed by atoms with Crippen LogP contribution in [-0.4, -0.2) is 20.3 Å². The number of nitro benzene ring substituents is 1. The summed E-state index contributed by atoms with van der Waals surface area (Å²) in [6, 6.07) is 10.9. The molecule has 0 aliphatic heterocycles. The highest BCUT2D eigenvalue weighted by Crippen LogP contribution is 2.15. The minimum absolute atomic E-state index is 0.0702. The van der Waals surface area contributed by atoms with Gasteiger partial charge in [-0.25, -0.2) is 9.78 Å². The van der Waals surface area contributed by atoms with Gasteiger partial charge in [0.15, 0.2) is 0 Å². The molecule has 0 saturated carbocycles. The van der Waals surface area contributed by atoms with E-state index in [4.69, 9.17) is 4.74 Å². The lowest BCUT2D eigenvalue weighted by Crippen LogP contribution is -2.07. The molecule has 0 saturated heterocycles. The number of fused-ring (bicyclic) bond motifs is 1. The molecule has 23 heavy (non-hydrogen) atoms. The van der Waals surface area contributed by atoms with Crippen molar-refractivity contribution >= 4 is 17.3 Å². The first kappa shape index (κ1) is 14.7. The summed E-state index contributed by atoms with van der Waals surface area (Å²) in [5.41, 5.74) is 2.55. The predicted octanol–water partition coefficient (Wildman–Crippen LogP) is 2.91. The Labute approximate surface area is 131 Å². The average Bonchev–Trinajstić information content (AvgIpc) is 2.88. The second kappa shape index (κ2) is 5.88. The number of non-ortho nitro benzene ring substituents is 1. The van der Waals surface area contributed by atoms with Crippen molar-refractivity contribution in [2.45, 2.75) is 13.5 Å². The average molecular weight is 311 g/mol. The third kappa shape index (κ3) is 2.89. The largest absolute Gasteiger partial charge is 0.456 e. The van der Waals surface area contributed by atoms with Crippen molar-refractivity contribution in [3.8, 4) is 0 Å². The van der Waals surface area contributed by atoms with Gasteiger partial charge in [-0.3, -0.25) is 10.1 Å². The van der Waals surface area contributed by atoms with Gasteiger partial charge >= 0.3 is 5.97 Å². The van der Waals surface area contributed by atoms with E-state index >= 15 is 0 Å². The Morgan fingerprint density at radius 3 is 2.70 bits per heavy atom. The molecule has 0 spiro atoms. The third-order valence-electron chi connectivity index (χ3n) is 3.48. The van der Waals surface area contributed by atoms with Crippen LogP contribution in [0.5, 0.6) is 0 Å². The number of pyridine rings is 1. The van der Waals surface area contributed by atoms with Crippen LogP contribution < -0.4 is 0 Å². The minimum Gasteiger partial charge on any atom is -0.456 e. The number of carbonyl (C=O) groups is 1. The predicted molar refractivity (Wildman–Crippen MR) is 82.1 cm³/mol. The highest BCUT2D eigenvalue weighted by molar-refractivity contribution is 5.89. The number of nitrogens with zero attached hydrogens (tertiary/aromatic N) is 3. The van der Waals surface area contributed by atoms with Gasteiger partial charge in [-0.1, -0.05) is 6.07 Å². The van der Waals surface area contributed by atoms with Gasteiger partial charge in [-0.15, -0.1) is 0 Å². The molecule has 3 rings (SSSR count). The first-order valence-corrected chi connectivity index (χ1v) is 6.90. The van der Waals surface area contributed by atoms with Gasteiger partial charge in [-0.2, -0.15) is 0 Å². The molecule has 0 aliphatic rings. The molecule has 1 aromatic carbocycles. The van der Waals surface area contributed by atoms with E-state index in [1.807, 2.05) is 35.7 Å². The van der Waals surface area contributed by atoms with Gasteiger partial charge in [0.2, 0.25) is 0 Å². The van der Waals surface area contributed by atoms with E-state index in [2.05, 4.69) is 4.98 Å². The Balaban J connectivity index is 1.75. The molecule has 0 radical (unpaired) electrons. The van der Waals surface area contributed by atoms with Gasteiger partial charge < -0.3 is 9.14 Å². The molecule has 0 unspecified atom stereocenters. The number of hydrogen-bond acceptors (Lipinski definition) is 5. The second-order valence-electron chi connectivity index (χ2n) is 4.95. The molecular weight excluding hydrogens is 298 g/mol. The van der Waals surface area contributed by atoms with E-state index in [0.717, 1.165) is 17.0 Å². The standard InChI is InChI=1S/C16H13N3O4/c1-11-14(18-9-3-2-4-15(18)17-11)10-23-16(20)12-5-7-13(8-6-12)19(21)22/h2-9H,10H2,1H3. The zero-order chi connectivity index (χ0) is 16.4. The molecule has 3 aromatic rings. The molecular formula is C16H13N3O4. The van der Waals surface area contributed by atoms with E-state index in [9.17, 15) is 14.9 Å². The van der Waals surface area contributed by atoms with Crippen LogP contribution in [0.15, 0.2) is 48.7 Å². The van der Waals surface area contributed by atoms with Crippen molar-refractivity contribution in [3.05, 3.63) is 75.7 Å². The molecule has 0 N–H and O–H groups in total. The first-order valence-electron chi connectivity index (χ1n) is 6.90. The van der Waals surface area contributed by atoms with Crippen LogP contribution in [0.3, 0.4) is 0 Å². The summed E-state index contributed by atoms with van der Waals surface area (Å²) in [5.74, 6) is -0.537. The normalized spacial score (nSPS) is 10.7. The number of esters is 1. The summed E-state index contributed by atoms with van der Waals surface area (Å²) in [6.07, 6.45) is 1.85. The Morgan fingerprint density at radius 1 is 1.26 bits per heavy atom. The van der Waals surface area contributed by atoms with Crippen molar-refractivity contribution < 1.29 is 14.5 Å². The van der Waals surface area contributed by atoms with Crippen molar-refractivity contribution in [1.82, 2.24) is 9.38 Å². The van der Waals surface area contributed by atoms with Crippen LogP contribution in [0.4, 0.5) is 5.69 Å². The number of rotatable bonds is 4. The molecule has 0 fully saturated rings. The fourth-order valence-electron chi connectivity index (χ4n) is 2.27. The van der Waals surface area contributed by atoms with Crippen LogP contribution in [0, 0.1) is 17.0 Å². The summed E-state index contributed by atoms with van der Waals surface area (Å²) < 4.78 is 7.15. The van der Waals surface area contributed by atoms with Crippen LogP contribution in [0.25, 0.3) is 5.65 Å². The van der Waals surface area contributed by atoms with Gasteiger partial charge in [0.05, 0.1) is 21.9 Å². The van der Waals surface area contributed by atoms with E-state index in [1.54, 1.807) is 0 Å². The van der Waals surface area contributed by atoms with Crippen molar-refractivity contribution in [2.75, 3.05) is 0 Å². The van der Waals surface area contributed by atoms with Crippen molar-refractivity contribution in [3.63, 3.8) is 0 Å². The summed E-state index contributed by atoms with van der Waals surface area (Å²) in [5, 5.41) is 10.6. The molecule has 7 nitrogen and oxygen atoms in total. The fraction of sp³-hybridized carbons (Fsp3) is 0.125. The summed E-state index contributed by atoms with van der Waals surface area (Å²) in [4.78, 5) is 26.5. The molecule has 0 amide bonds. The summed E-state index contributed by atoms with van der Waals surface area (Å²) in [6.45, 7) is 1.93.